The molecule has 0 amide bonds. The second-order valence-corrected chi connectivity index (χ2v) is 3.74. The third kappa shape index (κ3) is 2.44. The van der Waals surface area contributed by atoms with E-state index in [4.69, 9.17) is 36.7 Å². The van der Waals surface area contributed by atoms with Crippen molar-refractivity contribution in [1.82, 2.24) is 0 Å². The summed E-state index contributed by atoms with van der Waals surface area (Å²) in [6.07, 6.45) is 0. The number of benzene rings is 1. The summed E-state index contributed by atoms with van der Waals surface area (Å²) in [5, 5.41) is 9.02. The molecule has 0 heterocycles. The number of rotatable bonds is 5. The summed E-state index contributed by atoms with van der Waals surface area (Å²) in [5.74, 6) is -0.442. The summed E-state index contributed by atoms with van der Waals surface area (Å²) in [6.45, 7) is 0. The smallest absolute Gasteiger partial charge is 0.325 e. The Hall–Kier alpha value is -1.66. The number of halogens is 1. The number of nitrogens with two attached hydrogens (primary N) is 1. The molecule has 0 aliphatic rings. The highest BCUT2D eigenvalue weighted by molar-refractivity contribution is 6.33. The van der Waals surface area contributed by atoms with E-state index in [0.717, 1.165) is 0 Å². The average Bonchev–Trinajstić information content (AvgIpc) is 2.36. The van der Waals surface area contributed by atoms with Gasteiger partial charge < -0.3 is 25.1 Å². The van der Waals surface area contributed by atoms with E-state index in [1.807, 2.05) is 0 Å². The quantitative estimate of drug-likeness (QED) is 0.845. The number of methoxy groups -OCH3 is 3. The molecule has 0 radical (unpaired) electrons. The monoisotopic (exact) mass is 275 g/mol. The van der Waals surface area contributed by atoms with Crippen LogP contribution in [0.5, 0.6) is 17.2 Å². The molecule has 0 aliphatic heterocycles. The Morgan fingerprint density at radius 2 is 1.83 bits per heavy atom. The minimum Gasteiger partial charge on any atom is -0.496 e. The lowest BCUT2D eigenvalue weighted by molar-refractivity contribution is -0.138. The Balaban J connectivity index is 3.53. The number of carboxylic acids is 1. The van der Waals surface area contributed by atoms with Crippen LogP contribution in [0.2, 0.25) is 5.02 Å². The summed E-state index contributed by atoms with van der Waals surface area (Å²) < 4.78 is 15.2. The molecule has 100 valence electrons. The largest absolute Gasteiger partial charge is 0.496 e. The van der Waals surface area contributed by atoms with E-state index in [1.54, 1.807) is 0 Å². The van der Waals surface area contributed by atoms with Gasteiger partial charge in [-0.3, -0.25) is 4.79 Å². The maximum atomic E-state index is 11.0. The van der Waals surface area contributed by atoms with Crippen LogP contribution in [0.3, 0.4) is 0 Å². The van der Waals surface area contributed by atoms with Crippen LogP contribution in [-0.2, 0) is 4.79 Å². The first-order chi connectivity index (χ1) is 8.47. The molecule has 0 fully saturated rings. The summed E-state index contributed by atoms with van der Waals surface area (Å²) in [4.78, 5) is 11.0. The Kier molecular flexibility index (Phi) is 4.63. The van der Waals surface area contributed by atoms with Gasteiger partial charge in [-0.2, -0.15) is 0 Å². The maximum Gasteiger partial charge on any atom is 0.325 e. The summed E-state index contributed by atoms with van der Waals surface area (Å²) in [7, 11) is 4.21. The first-order valence-corrected chi connectivity index (χ1v) is 5.32. The van der Waals surface area contributed by atoms with Crippen LogP contribution in [0.1, 0.15) is 11.6 Å². The Labute approximate surface area is 109 Å². The lowest BCUT2D eigenvalue weighted by atomic mass is 10.1. The molecular formula is C11H14ClNO5. The standard InChI is InChI=1S/C11H14ClNO5/c1-16-5-4-6(17-2)10(18-3)8(12)7(5)9(13)11(14)15/h4,9H,13H2,1-3H3,(H,14,15). The highest BCUT2D eigenvalue weighted by Crippen LogP contribution is 2.44. The van der Waals surface area contributed by atoms with Gasteiger partial charge in [0, 0.05) is 11.6 Å². The minimum absolute atomic E-state index is 0.0589. The van der Waals surface area contributed by atoms with Gasteiger partial charge in [-0.25, -0.2) is 0 Å². The zero-order valence-corrected chi connectivity index (χ0v) is 10.9. The predicted octanol–water partition coefficient (Wildman–Crippen LogP) is 1.45. The molecule has 0 aliphatic carbocycles. The van der Waals surface area contributed by atoms with Gasteiger partial charge in [0.05, 0.1) is 26.4 Å². The molecule has 1 aromatic rings. The fraction of sp³-hybridized carbons (Fsp3) is 0.364. The normalized spacial score (nSPS) is 11.8. The maximum absolute atomic E-state index is 11.0. The van der Waals surface area contributed by atoms with Crippen LogP contribution < -0.4 is 19.9 Å². The van der Waals surface area contributed by atoms with Gasteiger partial charge in [0.25, 0.3) is 0 Å². The van der Waals surface area contributed by atoms with Crippen molar-refractivity contribution in [3.05, 3.63) is 16.7 Å². The predicted molar refractivity (Wildman–Crippen MR) is 65.7 cm³/mol. The average molecular weight is 276 g/mol. The van der Waals surface area contributed by atoms with Gasteiger partial charge in [0.1, 0.15) is 11.8 Å². The third-order valence-corrected chi connectivity index (χ3v) is 2.78. The van der Waals surface area contributed by atoms with Crippen molar-refractivity contribution in [3.8, 4) is 17.2 Å². The van der Waals surface area contributed by atoms with E-state index in [2.05, 4.69) is 0 Å². The lowest BCUT2D eigenvalue weighted by Crippen LogP contribution is -2.22. The molecule has 1 aromatic carbocycles. The SMILES string of the molecule is COc1cc(OC)c(C(N)C(=O)O)c(Cl)c1OC. The van der Waals surface area contributed by atoms with E-state index in [-0.39, 0.29) is 22.1 Å². The first-order valence-electron chi connectivity index (χ1n) is 4.94. The molecule has 18 heavy (non-hydrogen) atoms. The van der Waals surface area contributed by atoms with Crippen LogP contribution in [-0.4, -0.2) is 32.4 Å². The van der Waals surface area contributed by atoms with Crippen molar-refractivity contribution < 1.29 is 24.1 Å². The van der Waals surface area contributed by atoms with Crippen molar-refractivity contribution in [2.45, 2.75) is 6.04 Å². The fourth-order valence-corrected chi connectivity index (χ4v) is 1.91. The summed E-state index contributed by atoms with van der Waals surface area (Å²) in [5.41, 5.74) is 5.71. The molecule has 0 bridgehead atoms. The molecule has 1 atom stereocenters. The molecule has 0 spiro atoms. The number of carbonyl (C=O) groups is 1. The van der Waals surface area contributed by atoms with Crippen molar-refractivity contribution in [3.63, 3.8) is 0 Å². The van der Waals surface area contributed by atoms with Gasteiger partial charge in [-0.05, 0) is 0 Å². The van der Waals surface area contributed by atoms with Crippen LogP contribution >= 0.6 is 11.6 Å². The molecule has 7 heteroatoms. The lowest BCUT2D eigenvalue weighted by Gasteiger charge is -2.18. The molecule has 0 aromatic heterocycles. The van der Waals surface area contributed by atoms with Gasteiger partial charge >= 0.3 is 5.97 Å². The number of hydrogen-bond acceptors (Lipinski definition) is 5. The van der Waals surface area contributed by atoms with Crippen LogP contribution in [0.4, 0.5) is 0 Å². The zero-order chi connectivity index (χ0) is 13.9. The highest BCUT2D eigenvalue weighted by Gasteiger charge is 2.27. The van der Waals surface area contributed by atoms with Crippen molar-refractivity contribution >= 4 is 17.6 Å². The number of carboxylic acid groups (broad SMARTS) is 1. The Morgan fingerprint density at radius 3 is 2.22 bits per heavy atom. The second-order valence-electron chi connectivity index (χ2n) is 3.36. The number of aliphatic carboxylic acids is 1. The molecular weight excluding hydrogens is 262 g/mol. The van der Waals surface area contributed by atoms with E-state index in [9.17, 15) is 4.79 Å². The topological polar surface area (TPSA) is 91.0 Å². The Morgan fingerprint density at radius 1 is 1.28 bits per heavy atom. The second kappa shape index (κ2) is 5.79. The number of hydrogen-bond donors (Lipinski definition) is 2. The van der Waals surface area contributed by atoms with Gasteiger partial charge in [0.15, 0.2) is 11.5 Å². The molecule has 1 unspecified atom stereocenters. The van der Waals surface area contributed by atoms with Gasteiger partial charge in [-0.1, -0.05) is 11.6 Å². The zero-order valence-electron chi connectivity index (χ0n) is 10.2. The third-order valence-electron chi connectivity index (χ3n) is 2.41. The van der Waals surface area contributed by atoms with Crippen LogP contribution in [0, 0.1) is 0 Å². The first kappa shape index (κ1) is 14.4. The number of ether oxygens (including phenoxy) is 3. The molecule has 3 N–H and O–H groups in total. The summed E-state index contributed by atoms with van der Waals surface area (Å²) >= 11 is 6.09. The minimum atomic E-state index is -1.31. The van der Waals surface area contributed by atoms with E-state index in [1.165, 1.54) is 27.4 Å². The highest BCUT2D eigenvalue weighted by atomic mass is 35.5. The molecule has 6 nitrogen and oxygen atoms in total. The van der Waals surface area contributed by atoms with Gasteiger partial charge in [-0.15, -0.1) is 0 Å². The molecule has 0 saturated carbocycles. The van der Waals surface area contributed by atoms with Crippen LogP contribution in [0.15, 0.2) is 6.07 Å². The van der Waals surface area contributed by atoms with E-state index >= 15 is 0 Å². The summed E-state index contributed by atoms with van der Waals surface area (Å²) in [6, 6.07) is 0.162. The molecule has 0 saturated heterocycles. The van der Waals surface area contributed by atoms with E-state index < -0.39 is 12.0 Å². The van der Waals surface area contributed by atoms with Crippen molar-refractivity contribution in [1.29, 1.82) is 0 Å². The van der Waals surface area contributed by atoms with Crippen molar-refractivity contribution in [2.75, 3.05) is 21.3 Å². The van der Waals surface area contributed by atoms with Crippen molar-refractivity contribution in [2.24, 2.45) is 5.73 Å². The van der Waals surface area contributed by atoms with Crippen LogP contribution in [0.25, 0.3) is 0 Å². The van der Waals surface area contributed by atoms with Gasteiger partial charge in [0.2, 0.25) is 0 Å². The Bertz CT molecular complexity index is 463. The van der Waals surface area contributed by atoms with E-state index in [0.29, 0.717) is 5.75 Å². The molecule has 1 rings (SSSR count). The fourth-order valence-electron chi connectivity index (χ4n) is 1.52.